The molecule has 2 heterocycles. The standard InChI is InChI=1S/C25H25N3O3/c26-15-19-7-3-4-10-23(19)30-18-22-11-12-24(31-22)25(29)27-16-20-8-1-2-9-21(20)17-28-13-5-6-14-28/h1-4,7-12H,5-6,13-14,16-18H2,(H,27,29). The van der Waals surface area contributed by atoms with Crippen LogP contribution in [-0.2, 0) is 19.7 Å². The van der Waals surface area contributed by atoms with Gasteiger partial charge in [0.1, 0.15) is 24.2 Å². The molecule has 1 N–H and O–H groups in total. The van der Waals surface area contributed by atoms with Crippen LogP contribution in [-0.4, -0.2) is 23.9 Å². The summed E-state index contributed by atoms with van der Waals surface area (Å²) in [4.78, 5) is 15.0. The molecule has 1 aliphatic rings. The molecule has 1 aliphatic heterocycles. The van der Waals surface area contributed by atoms with Crippen LogP contribution in [0.1, 0.15) is 45.8 Å². The summed E-state index contributed by atoms with van der Waals surface area (Å²) in [5.74, 6) is 0.984. The van der Waals surface area contributed by atoms with Crippen LogP contribution in [0.3, 0.4) is 0 Å². The third kappa shape index (κ3) is 5.33. The number of hydrogen-bond acceptors (Lipinski definition) is 5. The maximum absolute atomic E-state index is 12.6. The second kappa shape index (κ2) is 9.96. The number of amides is 1. The zero-order valence-corrected chi connectivity index (χ0v) is 17.3. The number of ether oxygens (including phenoxy) is 1. The number of nitrogens with one attached hydrogen (secondary N) is 1. The molecule has 0 saturated carbocycles. The van der Waals surface area contributed by atoms with Gasteiger partial charge >= 0.3 is 0 Å². The summed E-state index contributed by atoms with van der Waals surface area (Å²) in [5.41, 5.74) is 2.82. The second-order valence-electron chi connectivity index (χ2n) is 7.60. The van der Waals surface area contributed by atoms with Crippen molar-refractivity contribution in [3.05, 3.63) is 88.9 Å². The number of furan rings is 1. The summed E-state index contributed by atoms with van der Waals surface area (Å²) < 4.78 is 11.3. The van der Waals surface area contributed by atoms with E-state index in [0.717, 1.165) is 25.2 Å². The number of para-hydroxylation sites is 1. The maximum atomic E-state index is 12.6. The molecule has 1 fully saturated rings. The lowest BCUT2D eigenvalue weighted by molar-refractivity contribution is 0.0919. The molecule has 0 radical (unpaired) electrons. The van der Waals surface area contributed by atoms with E-state index in [-0.39, 0.29) is 18.3 Å². The Morgan fingerprint density at radius 3 is 2.58 bits per heavy atom. The van der Waals surface area contributed by atoms with Gasteiger partial charge in [-0.05, 0) is 61.3 Å². The van der Waals surface area contributed by atoms with Crippen LogP contribution in [0.2, 0.25) is 0 Å². The molecule has 0 atom stereocenters. The van der Waals surface area contributed by atoms with Crippen molar-refractivity contribution in [1.82, 2.24) is 10.2 Å². The summed E-state index contributed by atoms with van der Waals surface area (Å²) in [6.07, 6.45) is 2.51. The van der Waals surface area contributed by atoms with Gasteiger partial charge in [0.25, 0.3) is 5.91 Å². The van der Waals surface area contributed by atoms with Crippen molar-refractivity contribution in [3.63, 3.8) is 0 Å². The van der Waals surface area contributed by atoms with Crippen LogP contribution in [0.25, 0.3) is 0 Å². The fourth-order valence-corrected chi connectivity index (χ4v) is 3.74. The number of likely N-dealkylation sites (tertiary alicyclic amines) is 1. The van der Waals surface area contributed by atoms with Gasteiger partial charge in [0, 0.05) is 13.1 Å². The Hall–Kier alpha value is -3.56. The van der Waals surface area contributed by atoms with E-state index in [0.29, 0.717) is 23.6 Å². The zero-order chi connectivity index (χ0) is 21.5. The number of benzene rings is 2. The molecule has 158 valence electrons. The summed E-state index contributed by atoms with van der Waals surface area (Å²) in [7, 11) is 0. The fourth-order valence-electron chi connectivity index (χ4n) is 3.74. The van der Waals surface area contributed by atoms with Crippen molar-refractivity contribution in [2.45, 2.75) is 32.5 Å². The minimum absolute atomic E-state index is 0.143. The number of carbonyl (C=O) groups excluding carboxylic acids is 1. The predicted octanol–water partition coefficient (Wildman–Crippen LogP) is 4.26. The lowest BCUT2D eigenvalue weighted by atomic mass is 10.1. The largest absolute Gasteiger partial charge is 0.484 e. The first kappa shape index (κ1) is 20.7. The molecule has 6 heteroatoms. The zero-order valence-electron chi connectivity index (χ0n) is 17.3. The smallest absolute Gasteiger partial charge is 0.287 e. The van der Waals surface area contributed by atoms with Gasteiger partial charge in [-0.15, -0.1) is 0 Å². The van der Waals surface area contributed by atoms with Gasteiger partial charge in [-0.3, -0.25) is 9.69 Å². The van der Waals surface area contributed by atoms with Crippen LogP contribution in [0.5, 0.6) is 5.75 Å². The Morgan fingerprint density at radius 1 is 1.03 bits per heavy atom. The second-order valence-corrected chi connectivity index (χ2v) is 7.60. The van der Waals surface area contributed by atoms with Gasteiger partial charge in [-0.25, -0.2) is 0 Å². The highest BCUT2D eigenvalue weighted by Gasteiger charge is 2.15. The minimum atomic E-state index is -0.264. The van der Waals surface area contributed by atoms with Crippen molar-refractivity contribution < 1.29 is 13.9 Å². The number of rotatable bonds is 8. The Bertz CT molecular complexity index is 1080. The highest BCUT2D eigenvalue weighted by Crippen LogP contribution is 2.19. The molecule has 4 rings (SSSR count). The fraction of sp³-hybridized carbons (Fsp3) is 0.280. The van der Waals surface area contributed by atoms with Crippen molar-refractivity contribution in [1.29, 1.82) is 5.26 Å². The first-order valence-corrected chi connectivity index (χ1v) is 10.5. The van der Waals surface area contributed by atoms with Crippen LogP contribution in [0.15, 0.2) is 65.1 Å². The number of nitriles is 1. The van der Waals surface area contributed by atoms with Crippen molar-refractivity contribution in [2.75, 3.05) is 13.1 Å². The monoisotopic (exact) mass is 415 g/mol. The highest BCUT2D eigenvalue weighted by molar-refractivity contribution is 5.91. The maximum Gasteiger partial charge on any atom is 0.287 e. The van der Waals surface area contributed by atoms with E-state index in [4.69, 9.17) is 14.4 Å². The van der Waals surface area contributed by atoms with E-state index in [1.807, 2.05) is 12.1 Å². The van der Waals surface area contributed by atoms with Crippen molar-refractivity contribution in [3.8, 4) is 11.8 Å². The number of carbonyl (C=O) groups is 1. The lowest BCUT2D eigenvalue weighted by Crippen LogP contribution is -2.24. The van der Waals surface area contributed by atoms with E-state index < -0.39 is 0 Å². The Labute approximate surface area is 182 Å². The van der Waals surface area contributed by atoms with E-state index in [1.165, 1.54) is 18.4 Å². The first-order valence-electron chi connectivity index (χ1n) is 10.5. The summed E-state index contributed by atoms with van der Waals surface area (Å²) >= 11 is 0. The van der Waals surface area contributed by atoms with Gasteiger partial charge in [0.05, 0.1) is 5.56 Å². The normalized spacial score (nSPS) is 13.6. The van der Waals surface area contributed by atoms with E-state index in [9.17, 15) is 4.79 Å². The molecular formula is C25H25N3O3. The number of nitrogens with zero attached hydrogens (tertiary/aromatic N) is 2. The Kier molecular flexibility index (Phi) is 6.65. The Balaban J connectivity index is 1.33. The summed E-state index contributed by atoms with van der Waals surface area (Å²) in [5, 5.41) is 12.1. The van der Waals surface area contributed by atoms with Crippen LogP contribution >= 0.6 is 0 Å². The lowest BCUT2D eigenvalue weighted by Gasteiger charge is -2.17. The van der Waals surface area contributed by atoms with Gasteiger partial charge in [-0.2, -0.15) is 5.26 Å². The van der Waals surface area contributed by atoms with Gasteiger partial charge in [0.15, 0.2) is 5.76 Å². The van der Waals surface area contributed by atoms with Gasteiger partial charge in [-0.1, -0.05) is 36.4 Å². The quantitative estimate of drug-likeness (QED) is 0.595. The molecule has 0 aliphatic carbocycles. The average Bonchev–Trinajstić information content (AvgIpc) is 3.49. The molecule has 1 aromatic heterocycles. The van der Waals surface area contributed by atoms with Gasteiger partial charge in [0.2, 0.25) is 0 Å². The molecule has 0 spiro atoms. The molecule has 2 aromatic carbocycles. The third-order valence-corrected chi connectivity index (χ3v) is 5.41. The van der Waals surface area contributed by atoms with Crippen LogP contribution in [0, 0.1) is 11.3 Å². The minimum Gasteiger partial charge on any atom is -0.484 e. The molecule has 1 saturated heterocycles. The van der Waals surface area contributed by atoms with Crippen LogP contribution in [0.4, 0.5) is 0 Å². The van der Waals surface area contributed by atoms with Crippen LogP contribution < -0.4 is 10.1 Å². The first-order chi connectivity index (χ1) is 15.2. The molecule has 0 bridgehead atoms. The molecule has 1 amide bonds. The Morgan fingerprint density at radius 2 is 1.77 bits per heavy atom. The average molecular weight is 415 g/mol. The topological polar surface area (TPSA) is 78.5 Å². The molecule has 3 aromatic rings. The van der Waals surface area contributed by atoms with E-state index in [1.54, 1.807) is 36.4 Å². The van der Waals surface area contributed by atoms with Crippen molar-refractivity contribution >= 4 is 5.91 Å². The number of hydrogen-bond donors (Lipinski definition) is 1. The molecular weight excluding hydrogens is 390 g/mol. The molecule has 0 unspecified atom stereocenters. The SMILES string of the molecule is N#Cc1ccccc1OCc1ccc(C(=O)NCc2ccccc2CN2CCCC2)o1. The van der Waals surface area contributed by atoms with Gasteiger partial charge < -0.3 is 14.5 Å². The third-order valence-electron chi connectivity index (χ3n) is 5.41. The highest BCUT2D eigenvalue weighted by atomic mass is 16.5. The summed E-state index contributed by atoms with van der Waals surface area (Å²) in [6, 6.07) is 20.7. The predicted molar refractivity (Wildman–Crippen MR) is 116 cm³/mol. The molecule has 6 nitrogen and oxygen atoms in total. The molecule has 31 heavy (non-hydrogen) atoms. The van der Waals surface area contributed by atoms with Crippen molar-refractivity contribution in [2.24, 2.45) is 0 Å². The van der Waals surface area contributed by atoms with E-state index in [2.05, 4.69) is 28.4 Å². The van der Waals surface area contributed by atoms with E-state index >= 15 is 0 Å². The summed E-state index contributed by atoms with van der Waals surface area (Å²) in [6.45, 7) is 3.78.